The average Bonchev–Trinajstić information content (AvgIpc) is 2.83. The van der Waals surface area contributed by atoms with E-state index >= 15 is 0 Å². The van der Waals surface area contributed by atoms with Crippen molar-refractivity contribution in [3.8, 4) is 17.2 Å². The predicted molar refractivity (Wildman–Crippen MR) is 121 cm³/mol. The van der Waals surface area contributed by atoms with Crippen molar-refractivity contribution in [2.24, 2.45) is 0 Å². The van der Waals surface area contributed by atoms with Gasteiger partial charge in [-0.15, -0.1) is 0 Å². The zero-order chi connectivity index (χ0) is 21.8. The third kappa shape index (κ3) is 4.44. The number of amides is 1. The summed E-state index contributed by atoms with van der Waals surface area (Å²) in [7, 11) is 4.85. The highest BCUT2D eigenvalue weighted by Gasteiger charge is 2.23. The first kappa shape index (κ1) is 21.0. The Hall–Kier alpha value is -3.25. The summed E-state index contributed by atoms with van der Waals surface area (Å²) in [6.07, 6.45) is 0. The van der Waals surface area contributed by atoms with Crippen LogP contribution in [0.5, 0.6) is 17.2 Å². The van der Waals surface area contributed by atoms with Crippen molar-refractivity contribution in [2.45, 2.75) is 6.54 Å². The number of rotatable bonds is 6. The first-order valence-electron chi connectivity index (χ1n) is 10.4. The van der Waals surface area contributed by atoms with Gasteiger partial charge in [-0.3, -0.25) is 9.69 Å². The number of piperazine rings is 1. The number of fused-ring (bicyclic) bond motifs is 1. The van der Waals surface area contributed by atoms with Gasteiger partial charge in [0.15, 0.2) is 11.5 Å². The Morgan fingerprint density at radius 2 is 1.45 bits per heavy atom. The first-order valence-corrected chi connectivity index (χ1v) is 10.4. The van der Waals surface area contributed by atoms with Crippen LogP contribution in [0, 0.1) is 0 Å². The molecule has 0 saturated carbocycles. The second kappa shape index (κ2) is 9.27. The SMILES string of the molecule is COc1cc(CN2CCN(C(=O)c3ccc4ccccc4c3)CC2)cc(OC)c1OC. The third-order valence-corrected chi connectivity index (χ3v) is 5.79. The Kier molecular flexibility index (Phi) is 6.28. The summed E-state index contributed by atoms with van der Waals surface area (Å²) in [4.78, 5) is 17.3. The van der Waals surface area contributed by atoms with E-state index in [1.54, 1.807) is 21.3 Å². The quantitative estimate of drug-likeness (QED) is 0.607. The minimum Gasteiger partial charge on any atom is -0.493 e. The van der Waals surface area contributed by atoms with Crippen molar-refractivity contribution >= 4 is 16.7 Å². The second-order valence-electron chi connectivity index (χ2n) is 7.66. The topological polar surface area (TPSA) is 51.2 Å². The summed E-state index contributed by atoms with van der Waals surface area (Å²) in [6, 6.07) is 18.0. The predicted octanol–water partition coefficient (Wildman–Crippen LogP) is 3.82. The minimum atomic E-state index is 0.0955. The lowest BCUT2D eigenvalue weighted by Crippen LogP contribution is -2.48. The van der Waals surface area contributed by atoms with Gasteiger partial charge in [-0.25, -0.2) is 0 Å². The highest BCUT2D eigenvalue weighted by molar-refractivity contribution is 5.98. The van der Waals surface area contributed by atoms with Crippen molar-refractivity contribution < 1.29 is 19.0 Å². The van der Waals surface area contributed by atoms with Gasteiger partial charge in [0.1, 0.15) is 0 Å². The number of ether oxygens (including phenoxy) is 3. The van der Waals surface area contributed by atoms with E-state index < -0.39 is 0 Å². The molecule has 4 rings (SSSR count). The van der Waals surface area contributed by atoms with Crippen LogP contribution in [-0.4, -0.2) is 63.2 Å². The Labute approximate surface area is 182 Å². The van der Waals surface area contributed by atoms with Crippen LogP contribution in [0.2, 0.25) is 0 Å². The minimum absolute atomic E-state index is 0.0955. The molecule has 6 heteroatoms. The molecule has 3 aromatic rings. The molecule has 162 valence electrons. The summed E-state index contributed by atoms with van der Waals surface area (Å²) in [5.41, 5.74) is 1.83. The molecule has 0 N–H and O–H groups in total. The normalized spacial score (nSPS) is 14.5. The summed E-state index contributed by atoms with van der Waals surface area (Å²) >= 11 is 0. The molecule has 1 fully saturated rings. The Morgan fingerprint density at radius 1 is 0.806 bits per heavy atom. The largest absolute Gasteiger partial charge is 0.493 e. The van der Waals surface area contributed by atoms with E-state index in [0.717, 1.165) is 41.5 Å². The highest BCUT2D eigenvalue weighted by Crippen LogP contribution is 2.38. The molecule has 0 radical (unpaired) electrons. The Morgan fingerprint density at radius 3 is 2.06 bits per heavy atom. The van der Waals surface area contributed by atoms with E-state index in [0.29, 0.717) is 30.3 Å². The molecule has 0 unspecified atom stereocenters. The Bertz CT molecular complexity index is 1050. The molecule has 6 nitrogen and oxygen atoms in total. The highest BCUT2D eigenvalue weighted by atomic mass is 16.5. The monoisotopic (exact) mass is 420 g/mol. The van der Waals surface area contributed by atoms with Crippen LogP contribution < -0.4 is 14.2 Å². The molecule has 1 heterocycles. The van der Waals surface area contributed by atoms with Crippen LogP contribution in [0.1, 0.15) is 15.9 Å². The summed E-state index contributed by atoms with van der Waals surface area (Å²) < 4.78 is 16.3. The van der Waals surface area contributed by atoms with Crippen LogP contribution in [0.3, 0.4) is 0 Å². The van der Waals surface area contributed by atoms with Crippen molar-refractivity contribution in [3.05, 3.63) is 65.7 Å². The van der Waals surface area contributed by atoms with E-state index in [2.05, 4.69) is 11.0 Å². The molecular formula is C25H28N2O4. The summed E-state index contributed by atoms with van der Waals surface area (Å²) in [6.45, 7) is 3.80. The number of carbonyl (C=O) groups excluding carboxylic acids is 1. The van der Waals surface area contributed by atoms with Crippen LogP contribution in [-0.2, 0) is 6.54 Å². The zero-order valence-corrected chi connectivity index (χ0v) is 18.3. The van der Waals surface area contributed by atoms with Crippen molar-refractivity contribution in [1.82, 2.24) is 9.80 Å². The number of hydrogen-bond donors (Lipinski definition) is 0. The van der Waals surface area contributed by atoms with Gasteiger partial charge in [0.05, 0.1) is 21.3 Å². The molecule has 3 aromatic carbocycles. The fraction of sp³-hybridized carbons (Fsp3) is 0.320. The van der Waals surface area contributed by atoms with Gasteiger partial charge < -0.3 is 19.1 Å². The maximum Gasteiger partial charge on any atom is 0.253 e. The lowest BCUT2D eigenvalue weighted by molar-refractivity contribution is 0.0628. The zero-order valence-electron chi connectivity index (χ0n) is 18.3. The van der Waals surface area contributed by atoms with E-state index in [4.69, 9.17) is 14.2 Å². The number of hydrogen-bond acceptors (Lipinski definition) is 5. The maximum atomic E-state index is 13.0. The maximum absolute atomic E-state index is 13.0. The molecule has 1 amide bonds. The van der Waals surface area contributed by atoms with Crippen LogP contribution >= 0.6 is 0 Å². The fourth-order valence-electron chi connectivity index (χ4n) is 4.10. The molecule has 0 aliphatic carbocycles. The van der Waals surface area contributed by atoms with Crippen LogP contribution in [0.4, 0.5) is 0 Å². The van der Waals surface area contributed by atoms with E-state index in [1.807, 2.05) is 53.4 Å². The second-order valence-corrected chi connectivity index (χ2v) is 7.66. The summed E-state index contributed by atoms with van der Waals surface area (Å²) in [5, 5.41) is 2.24. The van der Waals surface area contributed by atoms with Gasteiger partial charge in [-0.05, 0) is 40.6 Å². The van der Waals surface area contributed by atoms with Crippen molar-refractivity contribution in [2.75, 3.05) is 47.5 Å². The molecule has 1 saturated heterocycles. The molecule has 1 aliphatic heterocycles. The molecule has 0 spiro atoms. The van der Waals surface area contributed by atoms with Gasteiger partial charge in [0.2, 0.25) is 5.75 Å². The standard InChI is InChI=1S/C25H28N2O4/c1-29-22-14-18(15-23(30-2)24(22)31-3)17-26-10-12-27(13-11-26)25(28)21-9-8-19-6-4-5-7-20(19)16-21/h4-9,14-16H,10-13,17H2,1-3H3. The van der Waals surface area contributed by atoms with Gasteiger partial charge in [0, 0.05) is 38.3 Å². The van der Waals surface area contributed by atoms with Gasteiger partial charge in [0.25, 0.3) is 5.91 Å². The van der Waals surface area contributed by atoms with Crippen molar-refractivity contribution in [1.29, 1.82) is 0 Å². The van der Waals surface area contributed by atoms with Gasteiger partial charge >= 0.3 is 0 Å². The lowest BCUT2D eigenvalue weighted by Gasteiger charge is -2.35. The van der Waals surface area contributed by atoms with E-state index in [1.165, 1.54) is 0 Å². The Balaban J connectivity index is 1.41. The van der Waals surface area contributed by atoms with Crippen LogP contribution in [0.15, 0.2) is 54.6 Å². The smallest absolute Gasteiger partial charge is 0.253 e. The van der Waals surface area contributed by atoms with Gasteiger partial charge in [-0.2, -0.15) is 0 Å². The molecule has 0 bridgehead atoms. The third-order valence-electron chi connectivity index (χ3n) is 5.79. The fourth-order valence-corrected chi connectivity index (χ4v) is 4.10. The number of nitrogens with zero attached hydrogens (tertiary/aromatic N) is 2. The van der Waals surface area contributed by atoms with E-state index in [-0.39, 0.29) is 5.91 Å². The number of benzene rings is 3. The molecule has 0 atom stereocenters. The molecule has 1 aliphatic rings. The first-order chi connectivity index (χ1) is 15.1. The van der Waals surface area contributed by atoms with Gasteiger partial charge in [-0.1, -0.05) is 30.3 Å². The van der Waals surface area contributed by atoms with Crippen molar-refractivity contribution in [3.63, 3.8) is 0 Å². The summed E-state index contributed by atoms with van der Waals surface area (Å²) in [5.74, 6) is 2.00. The number of methoxy groups -OCH3 is 3. The van der Waals surface area contributed by atoms with E-state index in [9.17, 15) is 4.79 Å². The average molecular weight is 421 g/mol. The van der Waals surface area contributed by atoms with Crippen LogP contribution in [0.25, 0.3) is 10.8 Å². The molecule has 31 heavy (non-hydrogen) atoms. The molecule has 0 aromatic heterocycles. The number of carbonyl (C=O) groups is 1. The molecular weight excluding hydrogens is 392 g/mol. The lowest BCUT2D eigenvalue weighted by atomic mass is 10.1.